The lowest BCUT2D eigenvalue weighted by Crippen LogP contribution is -2.37. The van der Waals surface area contributed by atoms with Crippen molar-refractivity contribution < 1.29 is 5.11 Å². The maximum atomic E-state index is 9.59. The van der Waals surface area contributed by atoms with E-state index in [1.165, 1.54) is 24.4 Å². The number of hydrogen-bond acceptors (Lipinski definition) is 4. The molecule has 0 spiro atoms. The average Bonchev–Trinajstić information content (AvgIpc) is 2.92. The second-order valence-electron chi connectivity index (χ2n) is 5.74. The van der Waals surface area contributed by atoms with E-state index in [-0.39, 0.29) is 6.10 Å². The molecular weight excluding hydrogens is 292 g/mol. The van der Waals surface area contributed by atoms with Crippen molar-refractivity contribution in [2.24, 2.45) is 5.92 Å². The van der Waals surface area contributed by atoms with Crippen LogP contribution in [0.3, 0.4) is 0 Å². The smallest absolute Gasteiger partial charge is 0.0928 e. The Labute approximate surface area is 131 Å². The van der Waals surface area contributed by atoms with Crippen LogP contribution in [0.1, 0.15) is 43.3 Å². The topological polar surface area (TPSA) is 36.4 Å². The highest BCUT2D eigenvalue weighted by atomic mass is 35.5. The monoisotopic (exact) mass is 316 g/mol. The predicted molar refractivity (Wildman–Crippen MR) is 85.5 cm³/mol. The van der Waals surface area contributed by atoms with Crippen LogP contribution in [-0.2, 0) is 12.3 Å². The van der Waals surface area contributed by atoms with Crippen LogP contribution in [0.2, 0.25) is 0 Å². The van der Waals surface area contributed by atoms with Crippen LogP contribution in [0, 0.1) is 5.92 Å². The molecule has 2 heterocycles. The summed E-state index contributed by atoms with van der Waals surface area (Å²) in [5, 5.41) is 12.9. The number of piperidine rings is 1. The number of likely N-dealkylation sites (tertiary alicyclic amines) is 1. The van der Waals surface area contributed by atoms with Gasteiger partial charge in [-0.1, -0.05) is 0 Å². The Morgan fingerprint density at radius 2 is 2.20 bits per heavy atom. The fourth-order valence-electron chi connectivity index (χ4n) is 2.80. The van der Waals surface area contributed by atoms with Gasteiger partial charge in [0.1, 0.15) is 0 Å². The number of aliphatic hydroxyl groups excluding tert-OH is 1. The van der Waals surface area contributed by atoms with Crippen molar-refractivity contribution in [3.8, 4) is 0 Å². The summed E-state index contributed by atoms with van der Waals surface area (Å²) in [5.41, 5.74) is 1.01. The molecule has 114 valence electrons. The minimum absolute atomic E-state index is 0.141. The molecule has 1 atom stereocenters. The van der Waals surface area contributed by atoms with E-state index in [1.807, 2.05) is 6.92 Å². The molecule has 1 fully saturated rings. The molecule has 0 bridgehead atoms. The molecule has 2 rings (SSSR count). The van der Waals surface area contributed by atoms with Gasteiger partial charge >= 0.3 is 0 Å². The van der Waals surface area contributed by atoms with Gasteiger partial charge in [0.25, 0.3) is 0 Å². The van der Waals surface area contributed by atoms with Gasteiger partial charge in [0, 0.05) is 5.38 Å². The molecule has 1 unspecified atom stereocenters. The molecule has 3 nitrogen and oxygen atoms in total. The molecule has 1 aromatic rings. The van der Waals surface area contributed by atoms with Crippen LogP contribution in [0.25, 0.3) is 0 Å². The van der Waals surface area contributed by atoms with E-state index >= 15 is 0 Å². The number of aliphatic hydroxyl groups is 1. The molecule has 0 saturated carbocycles. The first-order valence-corrected chi connectivity index (χ1v) is 9.00. The highest BCUT2D eigenvalue weighted by Crippen LogP contribution is 2.21. The molecule has 1 N–H and O–H groups in total. The fraction of sp³-hybridized carbons (Fsp3) is 0.800. The summed E-state index contributed by atoms with van der Waals surface area (Å²) in [4.78, 5) is 7.02. The molecule has 0 aromatic carbocycles. The highest BCUT2D eigenvalue weighted by molar-refractivity contribution is 7.09. The van der Waals surface area contributed by atoms with Gasteiger partial charge in [-0.3, -0.25) is 0 Å². The molecule has 5 heteroatoms. The van der Waals surface area contributed by atoms with Crippen molar-refractivity contribution in [1.82, 2.24) is 9.88 Å². The van der Waals surface area contributed by atoms with Crippen molar-refractivity contribution in [1.29, 1.82) is 0 Å². The Bertz CT molecular complexity index is 389. The molecule has 1 aliphatic rings. The maximum absolute atomic E-state index is 9.59. The largest absolute Gasteiger partial charge is 0.393 e. The summed E-state index contributed by atoms with van der Waals surface area (Å²) < 4.78 is 0. The van der Waals surface area contributed by atoms with Crippen LogP contribution >= 0.6 is 22.9 Å². The minimum Gasteiger partial charge on any atom is -0.393 e. The van der Waals surface area contributed by atoms with Crippen LogP contribution in [0.5, 0.6) is 0 Å². The maximum Gasteiger partial charge on any atom is 0.0928 e. The van der Waals surface area contributed by atoms with Gasteiger partial charge < -0.3 is 10.0 Å². The molecule has 0 amide bonds. The first-order valence-electron chi connectivity index (χ1n) is 7.58. The summed E-state index contributed by atoms with van der Waals surface area (Å²) in [7, 11) is 0. The summed E-state index contributed by atoms with van der Waals surface area (Å²) in [6.07, 6.45) is 5.65. The SMILES string of the molecule is CC(O)C1CCN(CCCCc2nc(CCl)cs2)CC1. The zero-order chi connectivity index (χ0) is 14.4. The Kier molecular flexibility index (Phi) is 6.75. The van der Waals surface area contributed by atoms with Gasteiger partial charge in [0.2, 0.25) is 0 Å². The van der Waals surface area contributed by atoms with E-state index in [4.69, 9.17) is 11.6 Å². The first-order chi connectivity index (χ1) is 9.69. The molecule has 1 saturated heterocycles. The Morgan fingerprint density at radius 1 is 1.45 bits per heavy atom. The first kappa shape index (κ1) is 16.2. The number of nitrogens with zero attached hydrogens (tertiary/aromatic N) is 2. The number of alkyl halides is 1. The van der Waals surface area contributed by atoms with E-state index < -0.39 is 0 Å². The number of hydrogen-bond donors (Lipinski definition) is 1. The Morgan fingerprint density at radius 3 is 2.80 bits per heavy atom. The third-order valence-corrected chi connectivity index (χ3v) is 5.40. The summed E-state index contributed by atoms with van der Waals surface area (Å²) in [5.74, 6) is 1.03. The van der Waals surface area contributed by atoms with E-state index in [1.54, 1.807) is 11.3 Å². The second kappa shape index (κ2) is 8.32. The molecule has 0 radical (unpaired) electrons. The van der Waals surface area contributed by atoms with Gasteiger partial charge in [-0.05, 0) is 64.6 Å². The van der Waals surface area contributed by atoms with Gasteiger partial charge in [0.05, 0.1) is 22.7 Å². The van der Waals surface area contributed by atoms with Gasteiger partial charge in [-0.2, -0.15) is 0 Å². The minimum atomic E-state index is -0.141. The highest BCUT2D eigenvalue weighted by Gasteiger charge is 2.21. The number of aryl methyl sites for hydroxylation is 1. The lowest BCUT2D eigenvalue weighted by molar-refractivity contribution is 0.0714. The van der Waals surface area contributed by atoms with Crippen LogP contribution in [0.15, 0.2) is 5.38 Å². The molecule has 0 aliphatic carbocycles. The van der Waals surface area contributed by atoms with Gasteiger partial charge in [0.15, 0.2) is 0 Å². The van der Waals surface area contributed by atoms with Crippen molar-refractivity contribution in [2.45, 2.75) is 51.0 Å². The molecule has 1 aliphatic heterocycles. The number of thiazole rings is 1. The van der Waals surface area contributed by atoms with Gasteiger partial charge in [-0.25, -0.2) is 4.98 Å². The standard InChI is InChI=1S/C15H25ClN2OS/c1-12(19)13-5-8-18(9-6-13)7-3-2-4-15-17-14(10-16)11-20-15/h11-13,19H,2-10H2,1H3. The summed E-state index contributed by atoms with van der Waals surface area (Å²) >= 11 is 7.48. The van der Waals surface area contributed by atoms with Crippen LogP contribution < -0.4 is 0 Å². The zero-order valence-corrected chi connectivity index (χ0v) is 13.8. The summed E-state index contributed by atoms with van der Waals surface area (Å²) in [6, 6.07) is 0. The van der Waals surface area contributed by atoms with E-state index in [2.05, 4.69) is 15.3 Å². The Hall–Kier alpha value is -0.160. The summed E-state index contributed by atoms with van der Waals surface area (Å²) in [6.45, 7) is 5.39. The lowest BCUT2D eigenvalue weighted by atomic mass is 9.92. The Balaban J connectivity index is 1.57. The zero-order valence-electron chi connectivity index (χ0n) is 12.2. The predicted octanol–water partition coefficient (Wildman–Crippen LogP) is 3.30. The lowest BCUT2D eigenvalue weighted by Gasteiger charge is -2.33. The van der Waals surface area contributed by atoms with E-state index in [0.717, 1.165) is 38.0 Å². The number of unbranched alkanes of at least 4 members (excludes halogenated alkanes) is 1. The number of halogens is 1. The van der Waals surface area contributed by atoms with Crippen molar-refractivity contribution in [2.75, 3.05) is 19.6 Å². The molecule has 1 aromatic heterocycles. The number of aromatic nitrogens is 1. The van der Waals surface area contributed by atoms with E-state index in [0.29, 0.717) is 11.8 Å². The normalized spacial score (nSPS) is 19.4. The quantitative estimate of drug-likeness (QED) is 0.619. The average molecular weight is 317 g/mol. The van der Waals surface area contributed by atoms with E-state index in [9.17, 15) is 5.11 Å². The second-order valence-corrected chi connectivity index (χ2v) is 6.95. The van der Waals surface area contributed by atoms with Gasteiger partial charge in [-0.15, -0.1) is 22.9 Å². The van der Waals surface area contributed by atoms with Crippen molar-refractivity contribution in [3.63, 3.8) is 0 Å². The van der Waals surface area contributed by atoms with Crippen LogP contribution in [-0.4, -0.2) is 40.7 Å². The third kappa shape index (κ3) is 4.99. The van der Waals surface area contributed by atoms with Crippen molar-refractivity contribution >= 4 is 22.9 Å². The third-order valence-electron chi connectivity index (χ3n) is 4.17. The van der Waals surface area contributed by atoms with Crippen LogP contribution in [0.4, 0.5) is 0 Å². The number of rotatable bonds is 7. The fourth-order valence-corrected chi connectivity index (χ4v) is 3.86. The van der Waals surface area contributed by atoms with Crippen molar-refractivity contribution in [3.05, 3.63) is 16.1 Å². The molecule has 20 heavy (non-hydrogen) atoms. The molecular formula is C15H25ClN2OS.